The number of nitrogens with one attached hydrogen (secondary N) is 1. The fourth-order valence-corrected chi connectivity index (χ4v) is 1.96. The lowest BCUT2D eigenvalue weighted by atomic mass is 10.1. The highest BCUT2D eigenvalue weighted by Crippen LogP contribution is 2.11. The molecule has 0 bridgehead atoms. The molecule has 0 unspecified atom stereocenters. The number of carbonyl (C=O) groups is 3. The molecule has 2 rings (SSSR count). The van der Waals surface area contributed by atoms with Crippen molar-refractivity contribution < 1.29 is 29.3 Å². The van der Waals surface area contributed by atoms with Crippen molar-refractivity contribution in [3.63, 3.8) is 0 Å². The molecule has 1 atom stereocenters. The monoisotopic (exact) mass is 329 g/mol. The maximum Gasteiger partial charge on any atom is 0.415 e. The van der Waals surface area contributed by atoms with Gasteiger partial charge in [-0.05, 0) is 29.8 Å². The van der Waals surface area contributed by atoms with Crippen LogP contribution in [0.5, 0.6) is 5.75 Å². The highest BCUT2D eigenvalue weighted by molar-refractivity contribution is 5.97. The van der Waals surface area contributed by atoms with Crippen molar-refractivity contribution in [1.29, 1.82) is 0 Å². The second-order valence-corrected chi connectivity index (χ2v) is 4.95. The van der Waals surface area contributed by atoms with E-state index in [0.29, 0.717) is 5.56 Å². The predicted molar refractivity (Wildman–Crippen MR) is 83.6 cm³/mol. The largest absolute Gasteiger partial charge is 0.508 e. The van der Waals surface area contributed by atoms with Crippen LogP contribution in [0.4, 0.5) is 4.79 Å². The average molecular weight is 329 g/mol. The van der Waals surface area contributed by atoms with Crippen LogP contribution >= 0.6 is 0 Å². The van der Waals surface area contributed by atoms with Gasteiger partial charge >= 0.3 is 18.0 Å². The highest BCUT2D eigenvalue weighted by atomic mass is 16.6. The second kappa shape index (κ2) is 7.77. The molecule has 24 heavy (non-hydrogen) atoms. The van der Waals surface area contributed by atoms with Gasteiger partial charge in [0.25, 0.3) is 0 Å². The maximum atomic E-state index is 11.7. The quantitative estimate of drug-likeness (QED) is 0.571. The first-order valence-corrected chi connectivity index (χ1v) is 7.04. The minimum Gasteiger partial charge on any atom is -0.508 e. The van der Waals surface area contributed by atoms with Crippen LogP contribution in [0.25, 0.3) is 0 Å². The topological polar surface area (TPSA) is 113 Å². The molecular weight excluding hydrogens is 314 g/mol. The Bertz CT molecular complexity index is 727. The van der Waals surface area contributed by atoms with Gasteiger partial charge in [0, 0.05) is 6.42 Å². The molecule has 0 radical (unpaired) electrons. The minimum atomic E-state index is -1.27. The SMILES string of the molecule is O=C(N[C@H](Cc1ccc(O)cc1)C(=O)O)OC(=O)c1ccccc1. The Morgan fingerprint density at radius 1 is 1.00 bits per heavy atom. The lowest BCUT2D eigenvalue weighted by molar-refractivity contribution is -0.139. The van der Waals surface area contributed by atoms with E-state index in [4.69, 9.17) is 0 Å². The second-order valence-electron chi connectivity index (χ2n) is 4.95. The van der Waals surface area contributed by atoms with Crippen molar-refractivity contribution in [1.82, 2.24) is 5.32 Å². The first-order chi connectivity index (χ1) is 11.5. The molecule has 7 nitrogen and oxygen atoms in total. The molecule has 1 amide bonds. The van der Waals surface area contributed by atoms with Gasteiger partial charge in [-0.2, -0.15) is 0 Å². The van der Waals surface area contributed by atoms with E-state index in [-0.39, 0.29) is 17.7 Å². The number of aliphatic carboxylic acids is 1. The standard InChI is InChI=1S/C17H15NO6/c19-13-8-6-11(7-9-13)10-14(15(20)21)18-17(23)24-16(22)12-4-2-1-3-5-12/h1-9,14,19H,10H2,(H,18,23)(H,20,21)/t14-/m1/s1. The number of rotatable bonds is 5. The molecule has 0 saturated carbocycles. The Morgan fingerprint density at radius 3 is 2.21 bits per heavy atom. The Balaban J connectivity index is 1.97. The molecule has 2 aromatic rings. The zero-order chi connectivity index (χ0) is 17.5. The van der Waals surface area contributed by atoms with Crippen LogP contribution in [0.3, 0.4) is 0 Å². The van der Waals surface area contributed by atoms with Crippen LogP contribution in [0.15, 0.2) is 54.6 Å². The number of carboxylic acids is 1. The molecule has 0 aliphatic heterocycles. The van der Waals surface area contributed by atoms with Crippen molar-refractivity contribution in [3.05, 3.63) is 65.7 Å². The number of phenolic OH excluding ortho intramolecular Hbond substituents is 1. The van der Waals surface area contributed by atoms with Gasteiger partial charge in [-0.1, -0.05) is 30.3 Å². The van der Waals surface area contributed by atoms with Gasteiger partial charge in [0.15, 0.2) is 0 Å². The normalized spacial score (nSPS) is 11.3. The summed E-state index contributed by atoms with van der Waals surface area (Å²) in [6.07, 6.45) is -1.17. The number of esters is 1. The van der Waals surface area contributed by atoms with E-state index in [9.17, 15) is 24.6 Å². The van der Waals surface area contributed by atoms with Crippen LogP contribution in [-0.4, -0.2) is 34.3 Å². The number of carboxylic acid groups (broad SMARTS) is 1. The molecule has 0 aromatic heterocycles. The van der Waals surface area contributed by atoms with E-state index in [1.54, 1.807) is 18.2 Å². The summed E-state index contributed by atoms with van der Waals surface area (Å²) >= 11 is 0. The Hall–Kier alpha value is -3.35. The van der Waals surface area contributed by atoms with Crippen LogP contribution in [0.2, 0.25) is 0 Å². The Morgan fingerprint density at radius 2 is 1.62 bits per heavy atom. The third kappa shape index (κ3) is 4.84. The summed E-state index contributed by atoms with van der Waals surface area (Å²) in [5.41, 5.74) is 0.771. The number of aromatic hydroxyl groups is 1. The molecule has 0 saturated heterocycles. The van der Waals surface area contributed by atoms with Crippen molar-refractivity contribution in [3.8, 4) is 5.75 Å². The van der Waals surface area contributed by atoms with Crippen molar-refractivity contribution in [2.24, 2.45) is 0 Å². The maximum absolute atomic E-state index is 11.7. The molecule has 0 aliphatic carbocycles. The Kier molecular flexibility index (Phi) is 5.51. The molecule has 0 spiro atoms. The molecule has 0 heterocycles. The molecular formula is C17H15NO6. The third-order valence-electron chi connectivity index (χ3n) is 3.16. The minimum absolute atomic E-state index is 0.0236. The van der Waals surface area contributed by atoms with Crippen LogP contribution in [0.1, 0.15) is 15.9 Å². The van der Waals surface area contributed by atoms with Crippen LogP contribution in [0, 0.1) is 0 Å². The first kappa shape index (κ1) is 17.0. The average Bonchev–Trinajstić information content (AvgIpc) is 2.56. The summed E-state index contributed by atoms with van der Waals surface area (Å²) in [6, 6.07) is 12.5. The summed E-state index contributed by atoms with van der Waals surface area (Å²) in [6.45, 7) is 0. The smallest absolute Gasteiger partial charge is 0.415 e. The molecule has 124 valence electrons. The van der Waals surface area contributed by atoms with E-state index >= 15 is 0 Å². The summed E-state index contributed by atoms with van der Waals surface area (Å²) < 4.78 is 4.58. The van der Waals surface area contributed by atoms with Gasteiger partial charge in [0.05, 0.1) is 5.56 Å². The summed E-state index contributed by atoms with van der Waals surface area (Å²) in [5.74, 6) is -2.10. The fraction of sp³-hybridized carbons (Fsp3) is 0.118. The Labute approximate surface area is 137 Å². The zero-order valence-corrected chi connectivity index (χ0v) is 12.5. The lowest BCUT2D eigenvalue weighted by Gasteiger charge is -2.14. The van der Waals surface area contributed by atoms with Crippen LogP contribution in [-0.2, 0) is 16.0 Å². The predicted octanol–water partition coefficient (Wildman–Crippen LogP) is 1.95. The van der Waals surface area contributed by atoms with E-state index in [0.717, 1.165) is 0 Å². The van der Waals surface area contributed by atoms with Crippen molar-refractivity contribution in [2.45, 2.75) is 12.5 Å². The number of carbonyl (C=O) groups excluding carboxylic acids is 2. The van der Waals surface area contributed by atoms with E-state index in [1.807, 2.05) is 0 Å². The number of ether oxygens (including phenoxy) is 1. The zero-order valence-electron chi connectivity index (χ0n) is 12.5. The summed E-state index contributed by atoms with van der Waals surface area (Å²) in [4.78, 5) is 34.7. The van der Waals surface area contributed by atoms with Gasteiger partial charge in [0.2, 0.25) is 0 Å². The van der Waals surface area contributed by atoms with E-state index in [2.05, 4.69) is 10.1 Å². The van der Waals surface area contributed by atoms with E-state index < -0.39 is 24.1 Å². The number of alkyl carbamates (subject to hydrolysis) is 1. The molecule has 0 aliphatic rings. The fourth-order valence-electron chi connectivity index (χ4n) is 1.96. The van der Waals surface area contributed by atoms with Crippen LogP contribution < -0.4 is 5.32 Å². The van der Waals surface area contributed by atoms with Gasteiger partial charge in [-0.25, -0.2) is 14.4 Å². The third-order valence-corrected chi connectivity index (χ3v) is 3.16. The van der Waals surface area contributed by atoms with E-state index in [1.165, 1.54) is 36.4 Å². The number of benzene rings is 2. The number of phenols is 1. The van der Waals surface area contributed by atoms with Gasteiger partial charge < -0.3 is 20.3 Å². The lowest BCUT2D eigenvalue weighted by Crippen LogP contribution is -2.43. The number of hydrogen-bond donors (Lipinski definition) is 3. The highest BCUT2D eigenvalue weighted by Gasteiger charge is 2.23. The first-order valence-electron chi connectivity index (χ1n) is 7.04. The summed E-state index contributed by atoms with van der Waals surface area (Å²) in [7, 11) is 0. The van der Waals surface area contributed by atoms with Crippen molar-refractivity contribution >= 4 is 18.0 Å². The van der Waals surface area contributed by atoms with Gasteiger partial charge in [-0.3, -0.25) is 0 Å². The molecule has 3 N–H and O–H groups in total. The van der Waals surface area contributed by atoms with Gasteiger partial charge in [0.1, 0.15) is 11.8 Å². The van der Waals surface area contributed by atoms with Gasteiger partial charge in [-0.15, -0.1) is 0 Å². The molecule has 7 heteroatoms. The number of hydrogen-bond acceptors (Lipinski definition) is 5. The van der Waals surface area contributed by atoms with Crippen molar-refractivity contribution in [2.75, 3.05) is 0 Å². The molecule has 2 aromatic carbocycles. The summed E-state index contributed by atoms with van der Waals surface area (Å²) in [5, 5.41) is 20.5. The molecule has 0 fully saturated rings. The number of amides is 1.